The van der Waals surface area contributed by atoms with Crippen molar-refractivity contribution in [2.45, 2.75) is 196 Å². The van der Waals surface area contributed by atoms with Gasteiger partial charge in [-0.3, -0.25) is 19.9 Å². The van der Waals surface area contributed by atoms with Crippen LogP contribution < -0.4 is 5.46 Å². The molecule has 85 heavy (non-hydrogen) atoms. The summed E-state index contributed by atoms with van der Waals surface area (Å²) in [5.74, 6) is 4.80. The van der Waals surface area contributed by atoms with E-state index in [9.17, 15) is 10.2 Å². The van der Waals surface area contributed by atoms with E-state index in [1.165, 1.54) is 81.4 Å². The Bertz CT molecular complexity index is 2920. The third-order valence-electron chi connectivity index (χ3n) is 21.5. The molecule has 6 unspecified atom stereocenters. The Morgan fingerprint density at radius 1 is 0.588 bits per heavy atom. The molecule has 13 rings (SSSR count). The second kappa shape index (κ2) is 33.7. The number of pyridine rings is 4. The SMILES string of the molecule is Brc1cncc(Br)c1.C1CCOC1.CCB(CC)OC.C[C@]12CC[C@H](O)CC1=CCC1C2CC[C@]2(C)C(I)=CCC12.[2H]c1cncc(B(CC)CC)c1.[2H]c1cncc(Br)c1.[2H]c1cncc(C2=CCC3C4CC=C5C[C@@H](O)CC[C@]5(C)C4CC[C@]23C)c1. The van der Waals surface area contributed by atoms with Crippen LogP contribution >= 0.6 is 70.4 Å². The van der Waals surface area contributed by atoms with Gasteiger partial charge in [-0.15, -0.1) is 0 Å². The van der Waals surface area contributed by atoms with Crippen molar-refractivity contribution in [3.63, 3.8) is 0 Å². The third-order valence-corrected chi connectivity index (χ3v) is 24.5. The highest BCUT2D eigenvalue weighted by molar-refractivity contribution is 14.1. The molecule has 2 N–H and O–H groups in total. The fraction of sp³-hybridized carbons (Fsp3) is 0.606. The van der Waals surface area contributed by atoms with E-state index in [0.717, 1.165) is 126 Å². The highest BCUT2D eigenvalue weighted by atomic mass is 127. The number of aliphatic hydroxyl groups excluding tert-OH is 2. The molecule has 0 aromatic carbocycles. The van der Waals surface area contributed by atoms with Crippen LogP contribution in [0.4, 0.5) is 0 Å². The fourth-order valence-electron chi connectivity index (χ4n) is 16.4. The van der Waals surface area contributed by atoms with Gasteiger partial charge in [0.15, 0.2) is 6.71 Å². The Kier molecular flexibility index (Phi) is 26.0. The number of ether oxygens (including phenoxy) is 1. The van der Waals surface area contributed by atoms with Gasteiger partial charge in [-0.25, -0.2) is 0 Å². The molecule has 0 radical (unpaired) electrons. The number of aliphatic hydroxyl groups is 2. The Labute approximate surface area is 557 Å². The number of fused-ring (bicyclic) bond motifs is 10. The van der Waals surface area contributed by atoms with Gasteiger partial charge in [-0.2, -0.15) is 0 Å². The van der Waals surface area contributed by atoms with Crippen LogP contribution in [0.15, 0.2) is 144 Å². The second-order valence-electron chi connectivity index (χ2n) is 26.2. The predicted octanol–water partition coefficient (Wildman–Crippen LogP) is 19.4. The van der Waals surface area contributed by atoms with Crippen LogP contribution in [-0.4, -0.2) is 76.3 Å². The Balaban J connectivity index is 0.000000160. The molecule has 1 aliphatic heterocycles. The summed E-state index contributed by atoms with van der Waals surface area (Å²) < 4.78 is 36.9. The standard InChI is InChI=1S/C24H31NO.C19H27IO.C9H14BN.C5H13BO.C5H3Br2N.C5H4BrN.C4H8O/c1-23-11-9-18(26)14-17(23)5-6-19-21-8-7-20(16-4-3-13-25-15-16)24(21,2)12-10-22(19)23;1-18-9-7-13(21)11-12(18)3-4-14-15-5-6-17(20)19(15,2)10-8-16(14)18;1-3-10(4-2)9-6-5-7-11-8-9;1-4-6(5-2)7-3;6-4-1-5(7)3-8-2-4;6-5-2-1-3-7-4-5;1-2-4-5-3-1/h3-5,7,13,15,18-19,21-22,26H,6,8-12,14H2,1-2H3;3,6,13-16,21H,4-5,7-11H2,1-2H3;5-8H,3-4H2,1-2H3;4-5H2,1-3H3;1-3H;1-4H;1-4H2/t18-,19?,21?,22?,23-,24+;13-,14?,15?,16?,18-,19-;;;;;/m00...../s1/i3D;;5D;;;1D;. The van der Waals surface area contributed by atoms with E-state index < -0.39 is 0 Å². The van der Waals surface area contributed by atoms with Crippen LogP contribution in [0.2, 0.25) is 25.3 Å². The molecule has 12 atom stereocenters. The molecule has 0 bridgehead atoms. The molecule has 1 saturated heterocycles. The van der Waals surface area contributed by atoms with Crippen molar-refractivity contribution >= 4 is 95.0 Å². The first kappa shape index (κ1) is 65.6. The first-order valence-corrected chi connectivity index (χ1v) is 35.6. The molecule has 4 saturated carbocycles. The Hall–Kier alpha value is -2.30. The van der Waals surface area contributed by atoms with Crippen molar-refractivity contribution in [2.24, 2.45) is 57.2 Å². The number of hydrogen-bond acceptors (Lipinski definition) is 8. The second-order valence-corrected chi connectivity index (χ2v) is 30.1. The number of halogens is 4. The van der Waals surface area contributed by atoms with Gasteiger partial charge in [-0.1, -0.05) is 134 Å². The molecule has 4 aromatic rings. The number of rotatable bonds is 7. The van der Waals surface area contributed by atoms with Crippen LogP contribution in [0.3, 0.4) is 0 Å². The predicted molar refractivity (Wildman–Crippen MR) is 376 cm³/mol. The van der Waals surface area contributed by atoms with E-state index in [2.05, 4.69) is 170 Å². The lowest BCUT2D eigenvalue weighted by atomic mass is 9.42. The molecule has 462 valence electrons. The zero-order valence-corrected chi connectivity index (χ0v) is 59.5. The van der Waals surface area contributed by atoms with Crippen molar-refractivity contribution in [2.75, 3.05) is 20.3 Å². The van der Waals surface area contributed by atoms with E-state index >= 15 is 0 Å². The molecular formula is C71H100B2Br3IN4O4. The lowest BCUT2D eigenvalue weighted by molar-refractivity contribution is -0.0268. The van der Waals surface area contributed by atoms with E-state index in [4.69, 9.17) is 13.5 Å². The van der Waals surface area contributed by atoms with Gasteiger partial charge in [0.05, 0.1) is 16.3 Å². The molecule has 8 nitrogen and oxygen atoms in total. The highest BCUT2D eigenvalue weighted by Gasteiger charge is 2.58. The largest absolute Gasteiger partial charge is 0.439 e. The lowest BCUT2D eigenvalue weighted by Gasteiger charge is -2.57. The average molecular weight is 1460 g/mol. The summed E-state index contributed by atoms with van der Waals surface area (Å²) in [6.45, 7) is 21.7. The maximum absolute atomic E-state index is 10.2. The summed E-state index contributed by atoms with van der Waals surface area (Å²) in [6, 6.07) is 8.97. The molecule has 8 aliphatic carbocycles. The monoisotopic (exact) mass is 1460 g/mol. The van der Waals surface area contributed by atoms with E-state index in [0.29, 0.717) is 53.9 Å². The van der Waals surface area contributed by atoms with Crippen LogP contribution in [0, 0.1) is 57.2 Å². The fourth-order valence-corrected chi connectivity index (χ4v) is 18.6. The highest BCUT2D eigenvalue weighted by Crippen LogP contribution is 2.67. The molecule has 0 spiro atoms. The number of aromatic nitrogens is 4. The van der Waals surface area contributed by atoms with Gasteiger partial charge in [0.25, 0.3) is 6.92 Å². The Morgan fingerprint density at radius 2 is 1.08 bits per heavy atom. The molecule has 4 aromatic heterocycles. The zero-order valence-electron chi connectivity index (χ0n) is 55.6. The van der Waals surface area contributed by atoms with E-state index in [-0.39, 0.29) is 17.6 Å². The molecular weight excluding hydrogens is 1360 g/mol. The topological polar surface area (TPSA) is 110 Å². The van der Waals surface area contributed by atoms with Crippen LogP contribution in [0.1, 0.15) is 168 Å². The molecule has 9 aliphatic rings. The smallest absolute Gasteiger partial charge is 0.292 e. The average Bonchev–Trinajstić information content (AvgIpc) is 1.35. The van der Waals surface area contributed by atoms with Gasteiger partial charge in [-0.05, 0) is 270 Å². The first-order chi connectivity index (χ1) is 42.1. The van der Waals surface area contributed by atoms with E-state index in [1.807, 2.05) is 30.6 Å². The van der Waals surface area contributed by atoms with Gasteiger partial charge in [0, 0.05) is 88.7 Å². The number of hydrogen-bond donors (Lipinski definition) is 2. The minimum atomic E-state index is -0.126. The van der Waals surface area contributed by atoms with Gasteiger partial charge in [0.1, 0.15) is 0 Å². The third kappa shape index (κ3) is 17.8. The first-order valence-electron chi connectivity index (χ1n) is 33.7. The van der Waals surface area contributed by atoms with E-state index in [1.54, 1.807) is 58.9 Å². The van der Waals surface area contributed by atoms with Crippen molar-refractivity contribution in [3.8, 4) is 0 Å². The van der Waals surface area contributed by atoms with Crippen molar-refractivity contribution in [3.05, 3.63) is 150 Å². The van der Waals surface area contributed by atoms with Gasteiger partial charge in [0.2, 0.25) is 0 Å². The minimum absolute atomic E-state index is 0.0798. The van der Waals surface area contributed by atoms with Gasteiger partial charge < -0.3 is 19.6 Å². The quantitative estimate of drug-likeness (QED) is 0.107. The normalized spacial score (nSPS) is 32.0. The summed E-state index contributed by atoms with van der Waals surface area (Å²) in [6.07, 6.45) is 46.9. The minimum Gasteiger partial charge on any atom is -0.439 e. The van der Waals surface area contributed by atoms with Crippen LogP contribution in [-0.2, 0) is 9.39 Å². The van der Waals surface area contributed by atoms with Crippen LogP contribution in [0.25, 0.3) is 5.57 Å². The van der Waals surface area contributed by atoms with Crippen LogP contribution in [0.5, 0.6) is 0 Å². The zero-order chi connectivity index (χ0) is 63.8. The Morgan fingerprint density at radius 3 is 1.53 bits per heavy atom. The van der Waals surface area contributed by atoms with Crippen molar-refractivity contribution < 1.29 is 23.7 Å². The number of allylic oxidation sites excluding steroid dienone is 6. The summed E-state index contributed by atoms with van der Waals surface area (Å²) in [5, 5.41) is 20.2. The maximum atomic E-state index is 10.2. The summed E-state index contributed by atoms with van der Waals surface area (Å²) in [7, 11) is 1.76. The maximum Gasteiger partial charge on any atom is 0.292 e. The van der Waals surface area contributed by atoms with Gasteiger partial charge >= 0.3 is 0 Å². The van der Waals surface area contributed by atoms with Crippen molar-refractivity contribution in [1.29, 1.82) is 0 Å². The molecule has 14 heteroatoms. The number of nitrogens with zero attached hydrogens (tertiary/aromatic N) is 4. The van der Waals surface area contributed by atoms with Crippen molar-refractivity contribution in [1.82, 2.24) is 19.9 Å². The molecule has 0 amide bonds. The summed E-state index contributed by atoms with van der Waals surface area (Å²) in [4.78, 5) is 15.9. The summed E-state index contributed by atoms with van der Waals surface area (Å²) >= 11 is 12.3. The summed E-state index contributed by atoms with van der Waals surface area (Å²) in [5.41, 5.74) is 8.30. The lowest BCUT2D eigenvalue weighted by Crippen LogP contribution is -2.49. The molecule has 5 fully saturated rings. The molecule has 5 heterocycles.